The van der Waals surface area contributed by atoms with Crippen LogP contribution in [0.2, 0.25) is 0 Å². The summed E-state index contributed by atoms with van der Waals surface area (Å²) in [5, 5.41) is 5.07. The lowest BCUT2D eigenvalue weighted by atomic mass is 9.90. The van der Waals surface area contributed by atoms with Gasteiger partial charge in [0.2, 0.25) is 11.8 Å². The molecule has 0 heterocycles. The number of amides is 2. The second-order valence-electron chi connectivity index (χ2n) is 6.99. The van der Waals surface area contributed by atoms with Crippen molar-refractivity contribution < 1.29 is 22.8 Å². The summed E-state index contributed by atoms with van der Waals surface area (Å²) >= 11 is 0. The first-order valence-corrected chi connectivity index (χ1v) is 8.28. The summed E-state index contributed by atoms with van der Waals surface area (Å²) in [7, 11) is 0. The zero-order valence-electron chi connectivity index (χ0n) is 15.5. The molecule has 0 aliphatic carbocycles. The summed E-state index contributed by atoms with van der Waals surface area (Å²) < 4.78 is 38.4. The Labute approximate surface area is 155 Å². The molecule has 2 aromatic rings. The summed E-state index contributed by atoms with van der Waals surface area (Å²) in [6.07, 6.45) is -4.52. The number of nitrogens with one attached hydrogen (secondary N) is 2. The molecule has 0 atom stereocenters. The van der Waals surface area contributed by atoms with Gasteiger partial charge in [-0.15, -0.1) is 0 Å². The van der Waals surface area contributed by atoms with Crippen LogP contribution in [0.5, 0.6) is 0 Å². The van der Waals surface area contributed by atoms with Crippen LogP contribution in [0.1, 0.15) is 30.5 Å². The van der Waals surface area contributed by atoms with E-state index in [2.05, 4.69) is 10.6 Å². The highest BCUT2D eigenvalue weighted by Gasteiger charge is 2.37. The number of halogens is 3. The minimum atomic E-state index is -4.52. The maximum Gasteiger partial charge on any atom is 0.416 e. The predicted octanol–water partition coefficient (Wildman–Crippen LogP) is 4.93. The first kappa shape index (κ1) is 20.5. The number of carbonyl (C=O) groups is 2. The van der Waals surface area contributed by atoms with Gasteiger partial charge in [0.05, 0.1) is 5.56 Å². The highest BCUT2D eigenvalue weighted by atomic mass is 19.4. The summed E-state index contributed by atoms with van der Waals surface area (Å²) in [4.78, 5) is 25.1. The highest BCUT2D eigenvalue weighted by Crippen LogP contribution is 2.31. The minimum absolute atomic E-state index is 0.0258. The molecule has 144 valence electrons. The molecule has 0 unspecified atom stereocenters. The number of alkyl halides is 3. The van der Waals surface area contributed by atoms with E-state index in [1.54, 1.807) is 12.1 Å². The molecule has 0 bridgehead atoms. The topological polar surface area (TPSA) is 58.2 Å². The fourth-order valence-corrected chi connectivity index (χ4v) is 2.50. The molecule has 0 aliphatic rings. The van der Waals surface area contributed by atoms with Crippen molar-refractivity contribution in [3.05, 3.63) is 59.2 Å². The van der Waals surface area contributed by atoms with Crippen molar-refractivity contribution in [3.8, 4) is 0 Å². The first-order valence-electron chi connectivity index (χ1n) is 8.28. The third kappa shape index (κ3) is 5.09. The van der Waals surface area contributed by atoms with Crippen LogP contribution >= 0.6 is 0 Å². The lowest BCUT2D eigenvalue weighted by Gasteiger charge is -2.23. The lowest BCUT2D eigenvalue weighted by molar-refractivity contribution is -0.138. The molecule has 7 heteroatoms. The predicted molar refractivity (Wildman–Crippen MR) is 98.4 cm³/mol. The normalized spacial score (nSPS) is 11.8. The van der Waals surface area contributed by atoms with Gasteiger partial charge in [-0.3, -0.25) is 9.59 Å². The smallest absolute Gasteiger partial charge is 0.325 e. The number of aryl methyl sites for hydroxylation is 2. The van der Waals surface area contributed by atoms with Gasteiger partial charge in [-0.1, -0.05) is 12.1 Å². The van der Waals surface area contributed by atoms with Crippen molar-refractivity contribution in [1.29, 1.82) is 0 Å². The number of hydrogen-bond donors (Lipinski definition) is 2. The Kier molecular flexibility index (Phi) is 5.63. The average Bonchev–Trinajstić information content (AvgIpc) is 2.53. The number of rotatable bonds is 4. The Morgan fingerprint density at radius 3 is 1.85 bits per heavy atom. The Morgan fingerprint density at radius 1 is 0.815 bits per heavy atom. The van der Waals surface area contributed by atoms with Crippen LogP contribution in [0.4, 0.5) is 24.5 Å². The molecule has 0 saturated carbocycles. The molecule has 0 saturated heterocycles. The second-order valence-corrected chi connectivity index (χ2v) is 6.99. The van der Waals surface area contributed by atoms with Gasteiger partial charge in [0.1, 0.15) is 5.41 Å². The van der Waals surface area contributed by atoms with Gasteiger partial charge in [0.25, 0.3) is 0 Å². The van der Waals surface area contributed by atoms with Crippen molar-refractivity contribution in [1.82, 2.24) is 0 Å². The zero-order chi connectivity index (χ0) is 20.4. The van der Waals surface area contributed by atoms with E-state index < -0.39 is 29.0 Å². The van der Waals surface area contributed by atoms with Crippen LogP contribution < -0.4 is 10.6 Å². The maximum atomic E-state index is 12.8. The van der Waals surface area contributed by atoms with Gasteiger partial charge in [-0.25, -0.2) is 0 Å². The Bertz CT molecular complexity index is 854. The molecule has 2 rings (SSSR count). The third-order valence-corrected chi connectivity index (χ3v) is 4.06. The Hall–Kier alpha value is -2.83. The van der Waals surface area contributed by atoms with Crippen LogP contribution in [0.25, 0.3) is 0 Å². The number of benzene rings is 2. The van der Waals surface area contributed by atoms with Gasteiger partial charge in [-0.2, -0.15) is 13.2 Å². The molecule has 0 fully saturated rings. The van der Waals surface area contributed by atoms with Crippen molar-refractivity contribution in [2.24, 2.45) is 5.41 Å². The molecule has 2 aromatic carbocycles. The zero-order valence-corrected chi connectivity index (χ0v) is 15.5. The van der Waals surface area contributed by atoms with Crippen molar-refractivity contribution in [2.45, 2.75) is 33.9 Å². The molecule has 4 nitrogen and oxygen atoms in total. The molecule has 2 amide bonds. The quantitative estimate of drug-likeness (QED) is 0.742. The van der Waals surface area contributed by atoms with E-state index in [-0.39, 0.29) is 5.69 Å². The SMILES string of the molecule is Cc1cc(C)cc(NC(=O)C(C)(C)C(=O)Nc2cccc(C(F)(F)F)c2)c1. The molecular formula is C20H21F3N2O2. The first-order chi connectivity index (χ1) is 12.4. The van der Waals surface area contributed by atoms with E-state index in [0.29, 0.717) is 5.69 Å². The molecule has 0 spiro atoms. The molecular weight excluding hydrogens is 357 g/mol. The summed E-state index contributed by atoms with van der Waals surface area (Å²) in [5.74, 6) is -1.26. The molecule has 27 heavy (non-hydrogen) atoms. The van der Waals surface area contributed by atoms with Gasteiger partial charge in [-0.05, 0) is 69.2 Å². The largest absolute Gasteiger partial charge is 0.416 e. The monoisotopic (exact) mass is 378 g/mol. The lowest BCUT2D eigenvalue weighted by Crippen LogP contribution is -2.41. The van der Waals surface area contributed by atoms with E-state index in [9.17, 15) is 22.8 Å². The van der Waals surface area contributed by atoms with E-state index in [1.807, 2.05) is 19.9 Å². The molecule has 0 aliphatic heterocycles. The standard InChI is InChI=1S/C20H21F3N2O2/c1-12-8-13(2)10-16(9-12)25-18(27)19(3,4)17(26)24-15-7-5-6-14(11-15)20(21,22)23/h5-11H,1-4H3,(H,24,26)(H,25,27). The number of carbonyl (C=O) groups excluding carboxylic acids is 2. The van der Waals surface area contributed by atoms with Crippen molar-refractivity contribution in [3.63, 3.8) is 0 Å². The molecule has 0 aromatic heterocycles. The van der Waals surface area contributed by atoms with Gasteiger partial charge < -0.3 is 10.6 Å². The van der Waals surface area contributed by atoms with Gasteiger partial charge in [0, 0.05) is 11.4 Å². The summed E-state index contributed by atoms with van der Waals surface area (Å²) in [6.45, 7) is 6.59. The van der Waals surface area contributed by atoms with Crippen LogP contribution in [-0.4, -0.2) is 11.8 Å². The minimum Gasteiger partial charge on any atom is -0.325 e. The summed E-state index contributed by atoms with van der Waals surface area (Å²) in [6, 6.07) is 9.76. The second kappa shape index (κ2) is 7.42. The maximum absolute atomic E-state index is 12.8. The fraction of sp³-hybridized carbons (Fsp3) is 0.300. The van der Waals surface area contributed by atoms with E-state index in [0.717, 1.165) is 23.3 Å². The Balaban J connectivity index is 2.15. The highest BCUT2D eigenvalue weighted by molar-refractivity contribution is 6.14. The van der Waals surface area contributed by atoms with Crippen LogP contribution in [0.15, 0.2) is 42.5 Å². The van der Waals surface area contributed by atoms with Crippen molar-refractivity contribution in [2.75, 3.05) is 10.6 Å². The van der Waals surface area contributed by atoms with Gasteiger partial charge >= 0.3 is 6.18 Å². The van der Waals surface area contributed by atoms with E-state index in [1.165, 1.54) is 26.0 Å². The molecule has 0 radical (unpaired) electrons. The molecule has 2 N–H and O–H groups in total. The third-order valence-electron chi connectivity index (χ3n) is 4.06. The number of anilines is 2. The van der Waals surface area contributed by atoms with E-state index >= 15 is 0 Å². The van der Waals surface area contributed by atoms with E-state index in [4.69, 9.17) is 0 Å². The van der Waals surface area contributed by atoms with Crippen LogP contribution in [0, 0.1) is 19.3 Å². The average molecular weight is 378 g/mol. The van der Waals surface area contributed by atoms with Crippen LogP contribution in [0.3, 0.4) is 0 Å². The summed E-state index contributed by atoms with van der Waals surface area (Å²) in [5.41, 5.74) is 0.0664. The van der Waals surface area contributed by atoms with Crippen LogP contribution in [-0.2, 0) is 15.8 Å². The van der Waals surface area contributed by atoms with Crippen molar-refractivity contribution >= 4 is 23.2 Å². The number of hydrogen-bond acceptors (Lipinski definition) is 2. The Morgan fingerprint density at radius 2 is 1.33 bits per heavy atom. The fourth-order valence-electron chi connectivity index (χ4n) is 2.50. The van der Waals surface area contributed by atoms with Gasteiger partial charge in [0.15, 0.2) is 0 Å².